The molecule has 0 aromatic heterocycles. The summed E-state index contributed by atoms with van der Waals surface area (Å²) in [7, 11) is 0. The van der Waals surface area contributed by atoms with Crippen LogP contribution in [-0.2, 0) is 6.42 Å². The standard InChI is InChI=1S/C18H21ClN2S/c1-13-5-10-17(12-14(13)2)21-18(22)20-11-3-4-15-6-8-16(19)9-7-15/h5-10,12H,3-4,11H2,1-2H3,(H2,20,21,22). The number of nitrogens with one attached hydrogen (secondary N) is 2. The lowest BCUT2D eigenvalue weighted by Crippen LogP contribution is -2.29. The Balaban J connectivity index is 1.71. The van der Waals surface area contributed by atoms with Crippen LogP contribution in [0.4, 0.5) is 5.69 Å². The lowest BCUT2D eigenvalue weighted by atomic mass is 10.1. The smallest absolute Gasteiger partial charge is 0.170 e. The molecule has 0 fully saturated rings. The molecule has 0 spiro atoms. The Hall–Kier alpha value is -1.58. The van der Waals surface area contributed by atoms with Crippen molar-refractivity contribution in [2.75, 3.05) is 11.9 Å². The fraction of sp³-hybridized carbons (Fsp3) is 0.278. The van der Waals surface area contributed by atoms with Crippen LogP contribution in [0.25, 0.3) is 0 Å². The maximum atomic E-state index is 5.87. The second kappa shape index (κ2) is 8.16. The summed E-state index contributed by atoms with van der Waals surface area (Å²) in [4.78, 5) is 0. The molecule has 2 nitrogen and oxygen atoms in total. The Morgan fingerprint density at radius 2 is 1.77 bits per heavy atom. The summed E-state index contributed by atoms with van der Waals surface area (Å²) in [5.74, 6) is 0. The van der Waals surface area contributed by atoms with E-state index in [2.05, 4.69) is 48.7 Å². The van der Waals surface area contributed by atoms with E-state index < -0.39 is 0 Å². The molecule has 0 radical (unpaired) electrons. The van der Waals surface area contributed by atoms with Crippen molar-refractivity contribution in [3.8, 4) is 0 Å². The average Bonchev–Trinajstić information content (AvgIpc) is 2.49. The topological polar surface area (TPSA) is 24.1 Å². The maximum Gasteiger partial charge on any atom is 0.170 e. The molecule has 0 aliphatic heterocycles. The lowest BCUT2D eigenvalue weighted by molar-refractivity contribution is 0.777. The third kappa shape index (κ3) is 5.32. The Bertz CT molecular complexity index is 638. The van der Waals surface area contributed by atoms with E-state index in [0.717, 1.165) is 30.1 Å². The largest absolute Gasteiger partial charge is 0.362 e. The molecule has 2 aromatic carbocycles. The number of halogens is 1. The van der Waals surface area contributed by atoms with Crippen LogP contribution in [0.15, 0.2) is 42.5 Å². The Labute approximate surface area is 142 Å². The summed E-state index contributed by atoms with van der Waals surface area (Å²) in [6.45, 7) is 5.05. The summed E-state index contributed by atoms with van der Waals surface area (Å²) >= 11 is 11.2. The molecule has 0 amide bonds. The van der Waals surface area contributed by atoms with Crippen LogP contribution in [0.5, 0.6) is 0 Å². The normalized spacial score (nSPS) is 10.3. The minimum Gasteiger partial charge on any atom is -0.362 e. The van der Waals surface area contributed by atoms with Crippen LogP contribution in [0.2, 0.25) is 5.02 Å². The SMILES string of the molecule is Cc1ccc(NC(=S)NCCCc2ccc(Cl)cc2)cc1C. The van der Waals surface area contributed by atoms with E-state index >= 15 is 0 Å². The van der Waals surface area contributed by atoms with E-state index in [4.69, 9.17) is 23.8 Å². The van der Waals surface area contributed by atoms with Gasteiger partial charge >= 0.3 is 0 Å². The van der Waals surface area contributed by atoms with Gasteiger partial charge in [-0.25, -0.2) is 0 Å². The van der Waals surface area contributed by atoms with Gasteiger partial charge in [0.2, 0.25) is 0 Å². The molecule has 0 saturated carbocycles. The van der Waals surface area contributed by atoms with Gasteiger partial charge in [-0.05, 0) is 79.9 Å². The first-order valence-corrected chi connectivity index (χ1v) is 8.20. The number of hydrogen-bond acceptors (Lipinski definition) is 1. The van der Waals surface area contributed by atoms with E-state index in [0.29, 0.717) is 5.11 Å². The number of rotatable bonds is 5. The summed E-state index contributed by atoms with van der Waals surface area (Å²) < 4.78 is 0. The molecule has 0 atom stereocenters. The molecule has 4 heteroatoms. The van der Waals surface area contributed by atoms with Gasteiger partial charge in [0.05, 0.1) is 0 Å². The van der Waals surface area contributed by atoms with Gasteiger partial charge in [-0.3, -0.25) is 0 Å². The van der Waals surface area contributed by atoms with Crippen molar-refractivity contribution in [2.45, 2.75) is 26.7 Å². The van der Waals surface area contributed by atoms with Crippen LogP contribution in [0.3, 0.4) is 0 Å². The highest BCUT2D eigenvalue weighted by atomic mass is 35.5. The van der Waals surface area contributed by atoms with Crippen molar-refractivity contribution < 1.29 is 0 Å². The van der Waals surface area contributed by atoms with Gasteiger partial charge in [0.1, 0.15) is 0 Å². The maximum absolute atomic E-state index is 5.87. The molecule has 2 rings (SSSR count). The number of hydrogen-bond donors (Lipinski definition) is 2. The second-order valence-corrected chi connectivity index (χ2v) is 6.25. The summed E-state index contributed by atoms with van der Waals surface area (Å²) in [5.41, 5.74) is 4.86. The van der Waals surface area contributed by atoms with Crippen molar-refractivity contribution in [3.63, 3.8) is 0 Å². The third-order valence-electron chi connectivity index (χ3n) is 3.61. The molecule has 0 bridgehead atoms. The highest BCUT2D eigenvalue weighted by Crippen LogP contribution is 2.14. The summed E-state index contributed by atoms with van der Waals surface area (Å²) in [6, 6.07) is 14.2. The molecular formula is C18H21ClN2S. The quantitative estimate of drug-likeness (QED) is 0.603. The highest BCUT2D eigenvalue weighted by molar-refractivity contribution is 7.80. The van der Waals surface area contributed by atoms with Gasteiger partial charge in [-0.15, -0.1) is 0 Å². The Kier molecular flexibility index (Phi) is 6.22. The lowest BCUT2D eigenvalue weighted by Gasteiger charge is -2.12. The monoisotopic (exact) mass is 332 g/mol. The van der Waals surface area contributed by atoms with Gasteiger partial charge in [0.15, 0.2) is 5.11 Å². The van der Waals surface area contributed by atoms with Crippen molar-refractivity contribution in [1.29, 1.82) is 0 Å². The second-order valence-electron chi connectivity index (χ2n) is 5.41. The van der Waals surface area contributed by atoms with Crippen LogP contribution < -0.4 is 10.6 Å². The molecule has 116 valence electrons. The van der Waals surface area contributed by atoms with Gasteiger partial charge in [0.25, 0.3) is 0 Å². The zero-order chi connectivity index (χ0) is 15.9. The van der Waals surface area contributed by atoms with Gasteiger partial charge < -0.3 is 10.6 Å². The number of benzene rings is 2. The molecule has 0 unspecified atom stereocenters. The summed E-state index contributed by atoms with van der Waals surface area (Å²) in [5, 5.41) is 7.90. The first kappa shape index (κ1) is 16.8. The van der Waals surface area contributed by atoms with Gasteiger partial charge in [0, 0.05) is 17.3 Å². The van der Waals surface area contributed by atoms with Crippen LogP contribution in [0, 0.1) is 13.8 Å². The van der Waals surface area contributed by atoms with Crippen molar-refractivity contribution in [1.82, 2.24) is 5.32 Å². The number of aryl methyl sites for hydroxylation is 3. The van der Waals surface area contributed by atoms with E-state index in [1.165, 1.54) is 16.7 Å². The summed E-state index contributed by atoms with van der Waals surface area (Å²) in [6.07, 6.45) is 2.03. The van der Waals surface area contributed by atoms with Crippen LogP contribution in [-0.4, -0.2) is 11.7 Å². The van der Waals surface area contributed by atoms with E-state index in [1.54, 1.807) is 0 Å². The molecule has 22 heavy (non-hydrogen) atoms. The predicted octanol–water partition coefficient (Wildman–Crippen LogP) is 4.88. The minimum absolute atomic E-state index is 0.666. The zero-order valence-electron chi connectivity index (χ0n) is 12.9. The van der Waals surface area contributed by atoms with Crippen molar-refractivity contribution >= 4 is 34.6 Å². The molecule has 0 heterocycles. The number of anilines is 1. The van der Waals surface area contributed by atoms with Crippen LogP contribution >= 0.6 is 23.8 Å². The predicted molar refractivity (Wildman–Crippen MR) is 99.9 cm³/mol. The Morgan fingerprint density at radius 1 is 1.05 bits per heavy atom. The van der Waals surface area contributed by atoms with E-state index in [-0.39, 0.29) is 0 Å². The molecular weight excluding hydrogens is 312 g/mol. The zero-order valence-corrected chi connectivity index (χ0v) is 14.5. The molecule has 2 N–H and O–H groups in total. The first-order chi connectivity index (χ1) is 10.5. The average molecular weight is 333 g/mol. The minimum atomic E-state index is 0.666. The first-order valence-electron chi connectivity index (χ1n) is 7.41. The highest BCUT2D eigenvalue weighted by Gasteiger charge is 2.00. The van der Waals surface area contributed by atoms with E-state index in [1.807, 2.05) is 18.2 Å². The van der Waals surface area contributed by atoms with Crippen LogP contribution in [0.1, 0.15) is 23.1 Å². The van der Waals surface area contributed by atoms with Gasteiger partial charge in [-0.1, -0.05) is 29.8 Å². The molecule has 2 aromatic rings. The molecule has 0 aliphatic carbocycles. The fourth-order valence-corrected chi connectivity index (χ4v) is 2.49. The van der Waals surface area contributed by atoms with Crippen molar-refractivity contribution in [2.24, 2.45) is 0 Å². The molecule has 0 aliphatic rings. The number of thiocarbonyl (C=S) groups is 1. The Morgan fingerprint density at radius 3 is 2.45 bits per heavy atom. The molecule has 0 saturated heterocycles. The fourth-order valence-electron chi connectivity index (χ4n) is 2.14. The van der Waals surface area contributed by atoms with Crippen molar-refractivity contribution in [3.05, 3.63) is 64.2 Å². The van der Waals surface area contributed by atoms with E-state index in [9.17, 15) is 0 Å². The third-order valence-corrected chi connectivity index (χ3v) is 4.10. The van der Waals surface area contributed by atoms with Gasteiger partial charge in [-0.2, -0.15) is 0 Å².